The van der Waals surface area contributed by atoms with Crippen LogP contribution in [0.5, 0.6) is 0 Å². The number of carbonyl (C=O) groups excluding carboxylic acids is 1. The standard InChI is InChI=1S/C15H21NO3/c1-15(2,3)19-14(17)16-12(13-10-18-13)9-11-7-5-4-6-8-11/h4-7,10-12H,8-9H2,1-3H3,(H,16,17)/t11?,12-/m0/s1. The van der Waals surface area contributed by atoms with Crippen LogP contribution in [-0.4, -0.2) is 17.7 Å². The average Bonchev–Trinajstić information content (AvgIpc) is 3.10. The van der Waals surface area contributed by atoms with Crippen molar-refractivity contribution in [3.8, 4) is 0 Å². The van der Waals surface area contributed by atoms with Gasteiger partial charge in [0.15, 0.2) is 5.76 Å². The third-order valence-corrected chi connectivity index (χ3v) is 2.90. The summed E-state index contributed by atoms with van der Waals surface area (Å²) in [5.41, 5.74) is -0.485. The van der Waals surface area contributed by atoms with Gasteiger partial charge in [-0.05, 0) is 39.5 Å². The number of carbonyl (C=O) groups is 1. The van der Waals surface area contributed by atoms with Crippen molar-refractivity contribution in [3.05, 3.63) is 36.3 Å². The molecule has 1 N–H and O–H groups in total. The van der Waals surface area contributed by atoms with Crippen LogP contribution in [0.2, 0.25) is 0 Å². The fraction of sp³-hybridized carbons (Fsp3) is 0.533. The van der Waals surface area contributed by atoms with Gasteiger partial charge in [0.05, 0.1) is 6.04 Å². The molecule has 19 heavy (non-hydrogen) atoms. The van der Waals surface area contributed by atoms with E-state index in [4.69, 9.17) is 9.47 Å². The Hall–Kier alpha value is -1.71. The molecular formula is C15H21NO3. The lowest BCUT2D eigenvalue weighted by Crippen LogP contribution is -2.39. The first-order valence-electron chi connectivity index (χ1n) is 6.63. The lowest BCUT2D eigenvalue weighted by Gasteiger charge is -2.23. The maximum atomic E-state index is 11.8. The zero-order valence-electron chi connectivity index (χ0n) is 11.7. The quantitative estimate of drug-likeness (QED) is 0.846. The normalized spacial score (nSPS) is 22.3. The highest BCUT2D eigenvalue weighted by atomic mass is 16.6. The van der Waals surface area contributed by atoms with Crippen LogP contribution in [0.1, 0.15) is 33.6 Å². The molecule has 1 aliphatic heterocycles. The van der Waals surface area contributed by atoms with Crippen molar-refractivity contribution < 1.29 is 14.3 Å². The van der Waals surface area contributed by atoms with Crippen molar-refractivity contribution in [1.82, 2.24) is 5.32 Å². The molecule has 0 spiro atoms. The van der Waals surface area contributed by atoms with Crippen LogP contribution in [0.3, 0.4) is 0 Å². The van der Waals surface area contributed by atoms with E-state index in [9.17, 15) is 4.79 Å². The number of hydrogen-bond donors (Lipinski definition) is 1. The summed E-state index contributed by atoms with van der Waals surface area (Å²) in [6, 6.07) is -0.101. The Morgan fingerprint density at radius 2 is 2.26 bits per heavy atom. The van der Waals surface area contributed by atoms with E-state index in [0.717, 1.165) is 18.6 Å². The third kappa shape index (κ3) is 4.81. The van der Waals surface area contributed by atoms with Crippen molar-refractivity contribution in [2.45, 2.75) is 45.3 Å². The second-order valence-electron chi connectivity index (χ2n) is 5.88. The number of nitrogens with one attached hydrogen (secondary N) is 1. The van der Waals surface area contributed by atoms with Gasteiger partial charge >= 0.3 is 6.09 Å². The van der Waals surface area contributed by atoms with Crippen LogP contribution in [0.25, 0.3) is 0 Å². The molecule has 0 aromatic heterocycles. The molecule has 0 aromatic rings. The molecule has 2 aliphatic rings. The molecule has 2 atom stereocenters. The van der Waals surface area contributed by atoms with E-state index in [1.165, 1.54) is 0 Å². The summed E-state index contributed by atoms with van der Waals surface area (Å²) >= 11 is 0. The van der Waals surface area contributed by atoms with Crippen LogP contribution in [0, 0.1) is 5.92 Å². The summed E-state index contributed by atoms with van der Waals surface area (Å²) < 4.78 is 10.4. The Labute approximate surface area is 114 Å². The number of ether oxygens (including phenoxy) is 2. The summed E-state index contributed by atoms with van der Waals surface area (Å²) in [5.74, 6) is 1.25. The van der Waals surface area contributed by atoms with Gasteiger partial charge in [-0.3, -0.25) is 0 Å². The van der Waals surface area contributed by atoms with Crippen molar-refractivity contribution in [2.75, 3.05) is 0 Å². The Balaban J connectivity index is 1.86. The average molecular weight is 263 g/mol. The maximum Gasteiger partial charge on any atom is 0.408 e. The van der Waals surface area contributed by atoms with Crippen LogP contribution < -0.4 is 5.32 Å². The van der Waals surface area contributed by atoms with Gasteiger partial charge in [0.1, 0.15) is 11.9 Å². The van der Waals surface area contributed by atoms with E-state index in [0.29, 0.717) is 5.92 Å². The van der Waals surface area contributed by atoms with Crippen LogP contribution in [0.4, 0.5) is 4.79 Å². The molecule has 0 bridgehead atoms. The second-order valence-corrected chi connectivity index (χ2v) is 5.88. The zero-order valence-corrected chi connectivity index (χ0v) is 11.7. The molecule has 1 unspecified atom stereocenters. The van der Waals surface area contributed by atoms with Crippen LogP contribution >= 0.6 is 0 Å². The van der Waals surface area contributed by atoms with Crippen LogP contribution in [0.15, 0.2) is 36.3 Å². The Bertz CT molecular complexity index is 429. The molecule has 104 valence electrons. The van der Waals surface area contributed by atoms with E-state index in [2.05, 4.69) is 17.5 Å². The predicted molar refractivity (Wildman–Crippen MR) is 73.3 cm³/mol. The van der Waals surface area contributed by atoms with Gasteiger partial charge in [-0.1, -0.05) is 24.3 Å². The lowest BCUT2D eigenvalue weighted by atomic mass is 9.93. The largest absolute Gasteiger partial charge is 0.460 e. The van der Waals surface area contributed by atoms with E-state index in [-0.39, 0.29) is 6.04 Å². The fourth-order valence-corrected chi connectivity index (χ4v) is 2.00. The molecule has 1 aliphatic carbocycles. The van der Waals surface area contributed by atoms with Crippen molar-refractivity contribution >= 4 is 6.09 Å². The first kappa shape index (κ1) is 13.7. The highest BCUT2D eigenvalue weighted by Crippen LogP contribution is 2.27. The second kappa shape index (κ2) is 5.51. The number of hydrogen-bond acceptors (Lipinski definition) is 3. The molecule has 0 fully saturated rings. The number of alkyl carbamates (subject to hydrolysis) is 1. The van der Waals surface area contributed by atoms with Gasteiger partial charge in [0, 0.05) is 0 Å². The van der Waals surface area contributed by atoms with Gasteiger partial charge in [-0.15, -0.1) is 0 Å². The minimum atomic E-state index is -0.485. The van der Waals surface area contributed by atoms with Crippen LogP contribution in [-0.2, 0) is 9.47 Å². The topological polar surface area (TPSA) is 50.9 Å². The summed E-state index contributed by atoms with van der Waals surface area (Å²) in [5, 5.41) is 2.87. The molecular weight excluding hydrogens is 242 g/mol. The van der Waals surface area contributed by atoms with Crippen molar-refractivity contribution in [1.29, 1.82) is 0 Å². The highest BCUT2D eigenvalue weighted by molar-refractivity contribution is 5.68. The van der Waals surface area contributed by atoms with Crippen molar-refractivity contribution in [2.24, 2.45) is 5.92 Å². The number of amides is 1. The molecule has 2 rings (SSSR count). The highest BCUT2D eigenvalue weighted by Gasteiger charge is 2.29. The number of rotatable bonds is 4. The van der Waals surface area contributed by atoms with E-state index < -0.39 is 11.7 Å². The first-order valence-corrected chi connectivity index (χ1v) is 6.63. The number of allylic oxidation sites excluding steroid dienone is 4. The predicted octanol–water partition coefficient (Wildman–Crippen LogP) is 3.27. The Kier molecular flexibility index (Phi) is 3.98. The van der Waals surface area contributed by atoms with Gasteiger partial charge in [0.25, 0.3) is 0 Å². The third-order valence-electron chi connectivity index (χ3n) is 2.90. The molecule has 4 heteroatoms. The molecule has 0 saturated carbocycles. The molecule has 1 amide bonds. The SMILES string of the molecule is CC(C)(C)OC(=O)N[C@@H](CC1C=CC=CC1)C1=CO1. The summed E-state index contributed by atoms with van der Waals surface area (Å²) in [6.45, 7) is 5.55. The van der Waals surface area contributed by atoms with E-state index in [1.807, 2.05) is 32.9 Å². The summed E-state index contributed by atoms with van der Waals surface area (Å²) in [6.07, 6.45) is 11.5. The molecule has 1 heterocycles. The molecule has 4 nitrogen and oxygen atoms in total. The maximum absolute atomic E-state index is 11.8. The molecule has 0 radical (unpaired) electrons. The Morgan fingerprint density at radius 3 is 2.79 bits per heavy atom. The lowest BCUT2D eigenvalue weighted by molar-refractivity contribution is 0.0503. The molecule has 0 saturated heterocycles. The minimum Gasteiger partial charge on any atom is -0.460 e. The first-order chi connectivity index (χ1) is 8.94. The van der Waals surface area contributed by atoms with E-state index >= 15 is 0 Å². The van der Waals surface area contributed by atoms with Gasteiger partial charge in [-0.2, -0.15) is 0 Å². The smallest absolute Gasteiger partial charge is 0.408 e. The van der Waals surface area contributed by atoms with Gasteiger partial charge in [0.2, 0.25) is 0 Å². The molecule has 0 aromatic carbocycles. The van der Waals surface area contributed by atoms with Gasteiger partial charge in [-0.25, -0.2) is 4.79 Å². The summed E-state index contributed by atoms with van der Waals surface area (Å²) in [4.78, 5) is 11.8. The monoisotopic (exact) mass is 263 g/mol. The minimum absolute atomic E-state index is 0.101. The Morgan fingerprint density at radius 1 is 1.53 bits per heavy atom. The van der Waals surface area contributed by atoms with Gasteiger partial charge < -0.3 is 14.8 Å². The zero-order chi connectivity index (χ0) is 13.9. The van der Waals surface area contributed by atoms with E-state index in [1.54, 1.807) is 6.26 Å². The fourth-order valence-electron chi connectivity index (χ4n) is 2.00. The summed E-state index contributed by atoms with van der Waals surface area (Å²) in [7, 11) is 0. The van der Waals surface area contributed by atoms with Crippen molar-refractivity contribution in [3.63, 3.8) is 0 Å².